The van der Waals surface area contributed by atoms with Gasteiger partial charge in [0.05, 0.1) is 16.0 Å². The van der Waals surface area contributed by atoms with E-state index < -0.39 is 16.7 Å². The van der Waals surface area contributed by atoms with Gasteiger partial charge in [-0.1, -0.05) is 19.1 Å². The first-order chi connectivity index (χ1) is 12.4. The molecule has 0 fully saturated rings. The Kier molecular flexibility index (Phi) is 6.67. The van der Waals surface area contributed by atoms with Crippen molar-refractivity contribution in [2.75, 3.05) is 6.61 Å². The zero-order valence-electron chi connectivity index (χ0n) is 13.8. The van der Waals surface area contributed by atoms with Gasteiger partial charge >= 0.3 is 0 Å². The lowest BCUT2D eigenvalue weighted by Gasteiger charge is -2.10. The van der Waals surface area contributed by atoms with Gasteiger partial charge in [0.1, 0.15) is 11.3 Å². The fourth-order valence-corrected chi connectivity index (χ4v) is 2.54. The monoisotopic (exact) mass is 421 g/mol. The van der Waals surface area contributed by atoms with Gasteiger partial charge < -0.3 is 4.74 Å². The molecule has 9 heteroatoms. The molecule has 136 valence electrons. The number of benzene rings is 2. The highest BCUT2D eigenvalue weighted by molar-refractivity contribution is 9.10. The molecular formula is C17H16BrN3O5. The van der Waals surface area contributed by atoms with E-state index in [9.17, 15) is 19.7 Å². The Morgan fingerprint density at radius 2 is 1.85 bits per heavy atom. The van der Waals surface area contributed by atoms with Crippen molar-refractivity contribution in [3.05, 3.63) is 68.2 Å². The second-order valence-corrected chi connectivity index (χ2v) is 6.03. The van der Waals surface area contributed by atoms with Crippen molar-refractivity contribution in [3.8, 4) is 5.75 Å². The number of hydrogen-bond donors (Lipinski definition) is 2. The maximum absolute atomic E-state index is 12.2. The maximum Gasteiger partial charge on any atom is 0.282 e. The minimum atomic E-state index is -0.785. The standard InChI is InChI=1S/C17H16BrN3O5/c1-2-9-26-15-8-7-11(10-13(15)18)16(22)19-20-17(23)12-5-3-4-6-14(12)21(24)25/h3-8,10H,2,9H2,1H3,(H,19,22)(H,20,23). The minimum absolute atomic E-state index is 0.151. The number of rotatable bonds is 6. The predicted molar refractivity (Wildman–Crippen MR) is 98.0 cm³/mol. The summed E-state index contributed by atoms with van der Waals surface area (Å²) in [5.74, 6) is -0.750. The maximum atomic E-state index is 12.2. The summed E-state index contributed by atoms with van der Waals surface area (Å²) in [5, 5.41) is 11.0. The number of para-hydroxylation sites is 1. The van der Waals surface area contributed by atoms with Gasteiger partial charge in [-0.15, -0.1) is 0 Å². The zero-order chi connectivity index (χ0) is 19.1. The highest BCUT2D eigenvalue weighted by Gasteiger charge is 2.19. The Bertz CT molecular complexity index is 841. The van der Waals surface area contributed by atoms with Gasteiger partial charge in [-0.2, -0.15) is 0 Å². The fraction of sp³-hybridized carbons (Fsp3) is 0.176. The number of nitrogens with one attached hydrogen (secondary N) is 2. The lowest BCUT2D eigenvalue weighted by Crippen LogP contribution is -2.41. The molecule has 2 aromatic carbocycles. The quantitative estimate of drug-likeness (QED) is 0.549. The average molecular weight is 422 g/mol. The molecule has 0 aliphatic heterocycles. The first kappa shape index (κ1) is 19.4. The molecule has 0 spiro atoms. The van der Waals surface area contributed by atoms with E-state index in [1.807, 2.05) is 6.92 Å². The van der Waals surface area contributed by atoms with Crippen LogP contribution in [0.25, 0.3) is 0 Å². The number of hydrogen-bond acceptors (Lipinski definition) is 5. The third kappa shape index (κ3) is 4.79. The molecule has 0 heterocycles. The van der Waals surface area contributed by atoms with Gasteiger partial charge in [0, 0.05) is 11.6 Å². The van der Waals surface area contributed by atoms with Gasteiger partial charge in [0.15, 0.2) is 0 Å². The lowest BCUT2D eigenvalue weighted by atomic mass is 10.2. The Balaban J connectivity index is 2.04. The van der Waals surface area contributed by atoms with E-state index in [0.29, 0.717) is 16.8 Å². The second kappa shape index (κ2) is 8.95. The number of hydrazine groups is 1. The largest absolute Gasteiger partial charge is 0.492 e. The number of amides is 2. The van der Waals surface area contributed by atoms with E-state index in [1.54, 1.807) is 18.2 Å². The van der Waals surface area contributed by atoms with Crippen molar-refractivity contribution in [3.63, 3.8) is 0 Å². The Labute approximate surface area is 157 Å². The molecule has 0 unspecified atom stereocenters. The molecule has 2 amide bonds. The molecule has 26 heavy (non-hydrogen) atoms. The van der Waals surface area contributed by atoms with Crippen LogP contribution in [0.3, 0.4) is 0 Å². The molecule has 0 saturated carbocycles. The van der Waals surface area contributed by atoms with Crippen LogP contribution in [0.5, 0.6) is 5.75 Å². The van der Waals surface area contributed by atoms with E-state index in [4.69, 9.17) is 4.74 Å². The normalized spacial score (nSPS) is 10.1. The van der Waals surface area contributed by atoms with Crippen LogP contribution in [0.4, 0.5) is 5.69 Å². The number of carbonyl (C=O) groups is 2. The Hall–Kier alpha value is -2.94. The molecule has 0 atom stereocenters. The van der Waals surface area contributed by atoms with Crippen LogP contribution in [0.2, 0.25) is 0 Å². The van der Waals surface area contributed by atoms with Crippen LogP contribution >= 0.6 is 15.9 Å². The van der Waals surface area contributed by atoms with Gasteiger partial charge in [-0.25, -0.2) is 0 Å². The number of ether oxygens (including phenoxy) is 1. The number of halogens is 1. The summed E-state index contributed by atoms with van der Waals surface area (Å²) in [5.41, 5.74) is 4.18. The number of carbonyl (C=O) groups excluding carboxylic acids is 2. The molecule has 0 aliphatic carbocycles. The molecule has 0 aromatic heterocycles. The summed E-state index contributed by atoms with van der Waals surface area (Å²) in [4.78, 5) is 34.5. The van der Waals surface area contributed by atoms with Gasteiger partial charge in [0.25, 0.3) is 17.5 Å². The summed E-state index contributed by atoms with van der Waals surface area (Å²) < 4.78 is 6.10. The molecule has 0 bridgehead atoms. The Morgan fingerprint density at radius 3 is 2.50 bits per heavy atom. The van der Waals surface area contributed by atoms with E-state index in [0.717, 1.165) is 6.42 Å². The summed E-state index contributed by atoms with van der Waals surface area (Å²) in [7, 11) is 0. The third-order valence-electron chi connectivity index (χ3n) is 3.29. The van der Waals surface area contributed by atoms with Crippen LogP contribution in [0.1, 0.15) is 34.1 Å². The average Bonchev–Trinajstić information content (AvgIpc) is 2.64. The van der Waals surface area contributed by atoms with Crippen molar-refractivity contribution in [2.45, 2.75) is 13.3 Å². The van der Waals surface area contributed by atoms with E-state index in [2.05, 4.69) is 26.8 Å². The SMILES string of the molecule is CCCOc1ccc(C(=O)NNC(=O)c2ccccc2[N+](=O)[O-])cc1Br. The third-order valence-corrected chi connectivity index (χ3v) is 3.91. The van der Waals surface area contributed by atoms with Gasteiger partial charge in [0.2, 0.25) is 0 Å². The van der Waals surface area contributed by atoms with Crippen LogP contribution in [0, 0.1) is 10.1 Å². The number of nitrogens with zero attached hydrogens (tertiary/aromatic N) is 1. The minimum Gasteiger partial charge on any atom is -0.492 e. The second-order valence-electron chi connectivity index (χ2n) is 5.18. The summed E-state index contributed by atoms with van der Waals surface area (Å²) in [6, 6.07) is 10.2. The summed E-state index contributed by atoms with van der Waals surface area (Å²) >= 11 is 3.32. The fourth-order valence-electron chi connectivity index (χ4n) is 2.05. The van der Waals surface area contributed by atoms with E-state index in [1.165, 1.54) is 24.3 Å². The van der Waals surface area contributed by atoms with E-state index in [-0.39, 0.29) is 16.8 Å². The molecular weight excluding hydrogens is 406 g/mol. The zero-order valence-corrected chi connectivity index (χ0v) is 15.4. The van der Waals surface area contributed by atoms with Gasteiger partial charge in [-0.05, 0) is 46.6 Å². The Morgan fingerprint density at radius 1 is 1.15 bits per heavy atom. The van der Waals surface area contributed by atoms with Crippen LogP contribution in [0.15, 0.2) is 46.9 Å². The highest BCUT2D eigenvalue weighted by Crippen LogP contribution is 2.26. The van der Waals surface area contributed by atoms with Crippen molar-refractivity contribution < 1.29 is 19.2 Å². The topological polar surface area (TPSA) is 111 Å². The smallest absolute Gasteiger partial charge is 0.282 e. The van der Waals surface area contributed by atoms with Gasteiger partial charge in [-0.3, -0.25) is 30.6 Å². The molecule has 2 aromatic rings. The highest BCUT2D eigenvalue weighted by atomic mass is 79.9. The van der Waals surface area contributed by atoms with E-state index >= 15 is 0 Å². The first-order valence-corrected chi connectivity index (χ1v) is 8.49. The number of nitro groups is 1. The van der Waals surface area contributed by atoms with Crippen molar-refractivity contribution in [2.24, 2.45) is 0 Å². The van der Waals surface area contributed by atoms with Crippen molar-refractivity contribution in [1.82, 2.24) is 10.9 Å². The van der Waals surface area contributed by atoms with Crippen molar-refractivity contribution >= 4 is 33.4 Å². The number of nitro benzene ring substituents is 1. The first-order valence-electron chi connectivity index (χ1n) is 7.70. The summed E-state index contributed by atoms with van der Waals surface area (Å²) in [6.07, 6.45) is 0.854. The predicted octanol–water partition coefficient (Wildman–Crippen LogP) is 3.22. The van der Waals surface area contributed by atoms with Crippen LogP contribution in [-0.2, 0) is 0 Å². The van der Waals surface area contributed by atoms with Crippen molar-refractivity contribution in [1.29, 1.82) is 0 Å². The lowest BCUT2D eigenvalue weighted by molar-refractivity contribution is -0.385. The molecule has 0 saturated heterocycles. The van der Waals surface area contributed by atoms with Crippen LogP contribution < -0.4 is 15.6 Å². The molecule has 0 aliphatic rings. The molecule has 2 N–H and O–H groups in total. The van der Waals surface area contributed by atoms with Crippen LogP contribution in [-0.4, -0.2) is 23.3 Å². The molecule has 8 nitrogen and oxygen atoms in total. The molecule has 0 radical (unpaired) electrons. The summed E-state index contributed by atoms with van der Waals surface area (Å²) in [6.45, 7) is 2.53. The molecule has 2 rings (SSSR count).